The largest absolute Gasteiger partial charge is 0.441 e. The van der Waals surface area contributed by atoms with Crippen molar-refractivity contribution in [2.45, 2.75) is 58.1 Å². The molecular weight excluding hydrogens is 344 g/mol. The molecule has 3 fully saturated rings. The number of likely N-dealkylation sites (tertiary alicyclic amines) is 1. The quantitative estimate of drug-likeness (QED) is 0.701. The van der Waals surface area contributed by atoms with Crippen molar-refractivity contribution in [1.82, 2.24) is 19.6 Å². The number of piperazine rings is 1. The topological polar surface area (TPSA) is 56.3 Å². The summed E-state index contributed by atoms with van der Waals surface area (Å²) in [6.07, 6.45) is 2.84. The highest BCUT2D eigenvalue weighted by molar-refractivity contribution is 5.76. The number of carbonyl (C=O) groups excluding carboxylic acids is 2. The first-order valence-corrected chi connectivity index (χ1v) is 10.6. The van der Waals surface area contributed by atoms with Crippen LogP contribution < -0.4 is 0 Å². The van der Waals surface area contributed by atoms with Gasteiger partial charge < -0.3 is 14.5 Å². The van der Waals surface area contributed by atoms with E-state index in [4.69, 9.17) is 4.74 Å². The van der Waals surface area contributed by atoms with Crippen LogP contribution in [0, 0.1) is 0 Å². The van der Waals surface area contributed by atoms with E-state index in [2.05, 4.69) is 23.6 Å². The van der Waals surface area contributed by atoms with Crippen LogP contribution in [0.3, 0.4) is 0 Å². The third-order valence-electron chi connectivity index (χ3n) is 6.36. The normalized spacial score (nSPS) is 24.1. The lowest BCUT2D eigenvalue weighted by atomic mass is 9.91. The standard InChI is InChI=1S/C20H36N4O3/c1-4-5-18(25)23-8-6-20(7-9-23)16-24(19(26)27-20)15-12-21-10-13-22(14-11-21)17(2)3/h17H,4-16H2,1-3H3. The van der Waals surface area contributed by atoms with Crippen molar-refractivity contribution in [3.05, 3.63) is 0 Å². The zero-order chi connectivity index (χ0) is 19.4. The molecule has 7 nitrogen and oxygen atoms in total. The summed E-state index contributed by atoms with van der Waals surface area (Å²) in [5.74, 6) is 0.231. The van der Waals surface area contributed by atoms with E-state index in [9.17, 15) is 9.59 Å². The molecule has 27 heavy (non-hydrogen) atoms. The molecule has 0 aromatic heterocycles. The van der Waals surface area contributed by atoms with Gasteiger partial charge in [-0.25, -0.2) is 4.79 Å². The van der Waals surface area contributed by atoms with Crippen molar-refractivity contribution in [2.75, 3.05) is 58.9 Å². The van der Waals surface area contributed by atoms with Gasteiger partial charge in [-0.05, 0) is 20.3 Å². The molecule has 154 valence electrons. The van der Waals surface area contributed by atoms with Gasteiger partial charge in [0.1, 0.15) is 5.60 Å². The van der Waals surface area contributed by atoms with Crippen LogP contribution in [0.25, 0.3) is 0 Å². The van der Waals surface area contributed by atoms with E-state index in [1.807, 2.05) is 16.7 Å². The Morgan fingerprint density at radius 1 is 1.07 bits per heavy atom. The first kappa shape index (κ1) is 20.4. The highest BCUT2D eigenvalue weighted by Crippen LogP contribution is 2.33. The number of piperidine rings is 1. The summed E-state index contributed by atoms with van der Waals surface area (Å²) in [5, 5.41) is 0. The second-order valence-electron chi connectivity index (χ2n) is 8.57. The van der Waals surface area contributed by atoms with Gasteiger partial charge >= 0.3 is 6.09 Å². The summed E-state index contributed by atoms with van der Waals surface area (Å²) in [4.78, 5) is 33.2. The fraction of sp³-hybridized carbons (Fsp3) is 0.900. The molecule has 0 bridgehead atoms. The molecule has 3 aliphatic heterocycles. The van der Waals surface area contributed by atoms with Gasteiger partial charge in [0.25, 0.3) is 0 Å². The molecule has 3 saturated heterocycles. The maximum atomic E-state index is 12.4. The van der Waals surface area contributed by atoms with Crippen LogP contribution in [-0.2, 0) is 9.53 Å². The smallest absolute Gasteiger partial charge is 0.410 e. The molecule has 3 heterocycles. The van der Waals surface area contributed by atoms with E-state index in [0.717, 1.165) is 58.5 Å². The van der Waals surface area contributed by atoms with Gasteiger partial charge in [0.05, 0.1) is 6.54 Å². The number of amides is 2. The van der Waals surface area contributed by atoms with Crippen molar-refractivity contribution in [2.24, 2.45) is 0 Å². The zero-order valence-corrected chi connectivity index (χ0v) is 17.3. The Bertz CT molecular complexity index is 523. The monoisotopic (exact) mass is 380 g/mol. The van der Waals surface area contributed by atoms with Crippen molar-refractivity contribution in [3.63, 3.8) is 0 Å². The average molecular weight is 381 g/mol. The maximum Gasteiger partial charge on any atom is 0.410 e. The average Bonchev–Trinajstić information content (AvgIpc) is 2.96. The van der Waals surface area contributed by atoms with Crippen LogP contribution in [0.1, 0.15) is 46.5 Å². The van der Waals surface area contributed by atoms with Gasteiger partial charge in [-0.2, -0.15) is 0 Å². The Labute approximate surface area is 163 Å². The highest BCUT2D eigenvalue weighted by atomic mass is 16.6. The zero-order valence-electron chi connectivity index (χ0n) is 17.3. The van der Waals surface area contributed by atoms with E-state index in [1.165, 1.54) is 0 Å². The van der Waals surface area contributed by atoms with Crippen LogP contribution in [0.2, 0.25) is 0 Å². The minimum Gasteiger partial charge on any atom is -0.441 e. The predicted octanol–water partition coefficient (Wildman–Crippen LogP) is 1.63. The molecule has 0 saturated carbocycles. The first-order valence-electron chi connectivity index (χ1n) is 10.6. The fourth-order valence-electron chi connectivity index (χ4n) is 4.43. The Kier molecular flexibility index (Phi) is 6.63. The van der Waals surface area contributed by atoms with Crippen molar-refractivity contribution in [1.29, 1.82) is 0 Å². The van der Waals surface area contributed by atoms with E-state index in [1.54, 1.807) is 0 Å². The van der Waals surface area contributed by atoms with Crippen LogP contribution in [0.4, 0.5) is 4.79 Å². The van der Waals surface area contributed by atoms with Crippen LogP contribution in [-0.4, -0.2) is 102 Å². The number of hydrogen-bond acceptors (Lipinski definition) is 5. The molecule has 7 heteroatoms. The van der Waals surface area contributed by atoms with Gasteiger partial charge in [0.2, 0.25) is 5.91 Å². The maximum absolute atomic E-state index is 12.4. The first-order chi connectivity index (χ1) is 12.9. The molecule has 0 aromatic rings. The molecular formula is C20H36N4O3. The summed E-state index contributed by atoms with van der Waals surface area (Å²) < 4.78 is 5.80. The minimum absolute atomic E-state index is 0.177. The van der Waals surface area contributed by atoms with Crippen LogP contribution in [0.5, 0.6) is 0 Å². The summed E-state index contributed by atoms with van der Waals surface area (Å²) in [6, 6.07) is 0.607. The molecule has 3 aliphatic rings. The Morgan fingerprint density at radius 3 is 2.33 bits per heavy atom. The van der Waals surface area contributed by atoms with E-state index >= 15 is 0 Å². The Hall–Kier alpha value is -1.34. The molecule has 0 atom stereocenters. The lowest BCUT2D eigenvalue weighted by Crippen LogP contribution is -2.51. The molecule has 0 N–H and O–H groups in total. The SMILES string of the molecule is CCCC(=O)N1CCC2(CC1)CN(CCN1CCN(C(C)C)CC1)C(=O)O2. The Balaban J connectivity index is 1.43. The fourth-order valence-corrected chi connectivity index (χ4v) is 4.43. The third kappa shape index (κ3) is 4.93. The molecule has 1 spiro atoms. The van der Waals surface area contributed by atoms with E-state index < -0.39 is 0 Å². The molecule has 0 unspecified atom stereocenters. The predicted molar refractivity (Wildman–Crippen MR) is 105 cm³/mol. The van der Waals surface area contributed by atoms with Gasteiger partial charge in [-0.1, -0.05) is 6.92 Å². The molecule has 0 radical (unpaired) electrons. The lowest BCUT2D eigenvalue weighted by Gasteiger charge is -2.38. The van der Waals surface area contributed by atoms with E-state index in [0.29, 0.717) is 32.1 Å². The van der Waals surface area contributed by atoms with Crippen molar-refractivity contribution < 1.29 is 14.3 Å². The number of carbonyl (C=O) groups is 2. The Morgan fingerprint density at radius 2 is 1.74 bits per heavy atom. The lowest BCUT2D eigenvalue weighted by molar-refractivity contribution is -0.134. The highest BCUT2D eigenvalue weighted by Gasteiger charge is 2.47. The number of hydrogen-bond donors (Lipinski definition) is 0. The molecule has 3 rings (SSSR count). The van der Waals surface area contributed by atoms with Gasteiger partial charge in [0.15, 0.2) is 0 Å². The van der Waals surface area contributed by atoms with Crippen LogP contribution in [0.15, 0.2) is 0 Å². The summed E-state index contributed by atoms with van der Waals surface area (Å²) in [6.45, 7) is 14.6. The summed E-state index contributed by atoms with van der Waals surface area (Å²) in [7, 11) is 0. The van der Waals surface area contributed by atoms with E-state index in [-0.39, 0.29) is 17.6 Å². The van der Waals surface area contributed by atoms with Crippen LogP contribution >= 0.6 is 0 Å². The van der Waals surface area contributed by atoms with Crippen molar-refractivity contribution >= 4 is 12.0 Å². The molecule has 0 aliphatic carbocycles. The molecule has 2 amide bonds. The van der Waals surface area contributed by atoms with Gasteiger partial charge in [-0.3, -0.25) is 14.6 Å². The number of ether oxygens (including phenoxy) is 1. The number of nitrogens with zero attached hydrogens (tertiary/aromatic N) is 4. The van der Waals surface area contributed by atoms with Gasteiger partial charge in [0, 0.05) is 77.7 Å². The van der Waals surface area contributed by atoms with Crippen molar-refractivity contribution in [3.8, 4) is 0 Å². The summed E-state index contributed by atoms with van der Waals surface area (Å²) in [5.41, 5.74) is -0.379. The van der Waals surface area contributed by atoms with Gasteiger partial charge in [-0.15, -0.1) is 0 Å². The minimum atomic E-state index is -0.379. The second-order valence-corrected chi connectivity index (χ2v) is 8.57. The number of rotatable bonds is 6. The third-order valence-corrected chi connectivity index (χ3v) is 6.36. The molecule has 0 aromatic carbocycles. The second kappa shape index (κ2) is 8.78. The summed E-state index contributed by atoms with van der Waals surface area (Å²) >= 11 is 0.